The number of nitrogens with one attached hydrogen (secondary N) is 1. The summed E-state index contributed by atoms with van der Waals surface area (Å²) >= 11 is 0. The molecule has 4 rings (SSSR count). The normalized spacial score (nSPS) is 11.0. The zero-order valence-corrected chi connectivity index (χ0v) is 16.4. The summed E-state index contributed by atoms with van der Waals surface area (Å²) in [5, 5.41) is 0. The Morgan fingerprint density at radius 2 is 1.63 bits per heavy atom. The highest BCUT2D eigenvalue weighted by molar-refractivity contribution is 5.97. The number of para-hydroxylation sites is 2. The number of carbonyl (C=O) groups is 1. The number of nitrogens with zero attached hydrogens (tertiary/aromatic N) is 6. The van der Waals surface area contributed by atoms with Crippen LogP contribution in [-0.4, -0.2) is 51.4 Å². The average molecular weight is 401 g/mol. The summed E-state index contributed by atoms with van der Waals surface area (Å²) in [6.07, 6.45) is 2.43. The number of rotatable bonds is 5. The predicted molar refractivity (Wildman–Crippen MR) is 115 cm³/mol. The monoisotopic (exact) mass is 401 g/mol. The quantitative estimate of drug-likeness (QED) is 0.402. The maximum Gasteiger partial charge on any atom is 0.426 e. The van der Waals surface area contributed by atoms with Crippen LogP contribution in [0.15, 0.2) is 72.0 Å². The Bertz CT molecular complexity index is 1130. The van der Waals surface area contributed by atoms with Crippen molar-refractivity contribution in [3.8, 4) is 6.01 Å². The van der Waals surface area contributed by atoms with E-state index in [0.29, 0.717) is 28.4 Å². The molecule has 0 bridgehead atoms. The molecule has 0 unspecified atom stereocenters. The first-order valence-corrected chi connectivity index (χ1v) is 9.15. The molecule has 4 aromatic rings. The van der Waals surface area contributed by atoms with Crippen molar-refractivity contribution in [2.24, 2.45) is 4.99 Å². The van der Waals surface area contributed by atoms with E-state index in [1.165, 1.54) is 11.2 Å². The number of amides is 1. The van der Waals surface area contributed by atoms with Gasteiger partial charge in [0.15, 0.2) is 11.5 Å². The highest BCUT2D eigenvalue weighted by Gasteiger charge is 2.22. The lowest BCUT2D eigenvalue weighted by molar-refractivity contribution is 0.206. The van der Waals surface area contributed by atoms with Crippen LogP contribution in [0.4, 0.5) is 22.0 Å². The van der Waals surface area contributed by atoms with Crippen LogP contribution in [-0.2, 0) is 0 Å². The van der Waals surface area contributed by atoms with Gasteiger partial charge in [-0.1, -0.05) is 36.4 Å². The molecule has 0 saturated heterocycles. The first-order chi connectivity index (χ1) is 14.6. The molecule has 30 heavy (non-hydrogen) atoms. The van der Waals surface area contributed by atoms with E-state index in [2.05, 4.69) is 24.9 Å². The molecule has 1 N–H and O–H groups in total. The van der Waals surface area contributed by atoms with Gasteiger partial charge in [-0.25, -0.2) is 19.7 Å². The van der Waals surface area contributed by atoms with Crippen molar-refractivity contribution < 1.29 is 9.53 Å². The van der Waals surface area contributed by atoms with E-state index in [1.54, 1.807) is 11.2 Å². The Labute approximate surface area is 172 Å². The number of hydrogen-bond acceptors (Lipinski definition) is 6. The van der Waals surface area contributed by atoms with Gasteiger partial charge in [-0.15, -0.1) is 0 Å². The fourth-order valence-electron chi connectivity index (χ4n) is 2.75. The molecule has 0 fully saturated rings. The highest BCUT2D eigenvalue weighted by atomic mass is 16.6. The SMILES string of the molecule is CN(C)C=Nc1nc(OC(=O)N(c2ccccc2)c2ccccc2)nc2nc[nH]c12. The van der Waals surface area contributed by atoms with Crippen LogP contribution in [0.1, 0.15) is 0 Å². The number of hydrogen-bond donors (Lipinski definition) is 1. The molecule has 0 aliphatic heterocycles. The van der Waals surface area contributed by atoms with Gasteiger partial charge in [-0.3, -0.25) is 0 Å². The number of anilines is 2. The lowest BCUT2D eigenvalue weighted by Crippen LogP contribution is -2.29. The predicted octanol–water partition coefficient (Wildman–Crippen LogP) is 3.91. The maximum absolute atomic E-state index is 13.1. The molecule has 2 heterocycles. The lowest BCUT2D eigenvalue weighted by atomic mass is 10.2. The molecule has 0 radical (unpaired) electrons. The third-order valence-corrected chi connectivity index (χ3v) is 4.05. The second-order valence-corrected chi connectivity index (χ2v) is 6.51. The summed E-state index contributed by atoms with van der Waals surface area (Å²) in [5.41, 5.74) is 2.21. The summed E-state index contributed by atoms with van der Waals surface area (Å²) < 4.78 is 5.53. The van der Waals surface area contributed by atoms with Gasteiger partial charge >= 0.3 is 12.1 Å². The summed E-state index contributed by atoms with van der Waals surface area (Å²) in [4.78, 5) is 36.2. The largest absolute Gasteiger partial charge is 0.426 e. The molecule has 9 heteroatoms. The van der Waals surface area contributed by atoms with E-state index in [4.69, 9.17) is 4.74 Å². The number of benzene rings is 2. The molecule has 2 aromatic heterocycles. The average Bonchev–Trinajstić information content (AvgIpc) is 3.22. The molecule has 2 aromatic carbocycles. The topological polar surface area (TPSA) is 99.6 Å². The molecule has 0 spiro atoms. The minimum atomic E-state index is -0.648. The van der Waals surface area contributed by atoms with Crippen LogP contribution in [0.5, 0.6) is 6.01 Å². The van der Waals surface area contributed by atoms with Crippen LogP contribution in [0, 0.1) is 0 Å². The van der Waals surface area contributed by atoms with Gasteiger partial charge in [0.05, 0.1) is 24.0 Å². The fraction of sp³-hybridized carbons (Fsp3) is 0.0952. The molecule has 1 amide bonds. The van der Waals surface area contributed by atoms with E-state index in [9.17, 15) is 4.79 Å². The first-order valence-electron chi connectivity index (χ1n) is 9.15. The first kappa shape index (κ1) is 19.1. The Morgan fingerprint density at radius 3 is 2.23 bits per heavy atom. The number of ether oxygens (including phenoxy) is 1. The maximum atomic E-state index is 13.1. The van der Waals surface area contributed by atoms with Gasteiger partial charge < -0.3 is 14.6 Å². The van der Waals surface area contributed by atoms with Crippen LogP contribution < -0.4 is 9.64 Å². The number of carbonyl (C=O) groups excluding carboxylic acids is 1. The molecular weight excluding hydrogens is 382 g/mol. The van der Waals surface area contributed by atoms with Gasteiger partial charge in [0.1, 0.15) is 5.52 Å². The Balaban J connectivity index is 1.70. The van der Waals surface area contributed by atoms with Crippen LogP contribution in [0.3, 0.4) is 0 Å². The molecule has 0 atom stereocenters. The Morgan fingerprint density at radius 1 is 1.00 bits per heavy atom. The third kappa shape index (κ3) is 4.09. The van der Waals surface area contributed by atoms with Gasteiger partial charge in [0.25, 0.3) is 0 Å². The summed E-state index contributed by atoms with van der Waals surface area (Å²) in [5.74, 6) is 0.319. The number of fused-ring (bicyclic) bond motifs is 1. The van der Waals surface area contributed by atoms with Crippen molar-refractivity contribution in [2.45, 2.75) is 0 Å². The van der Waals surface area contributed by atoms with Gasteiger partial charge in [-0.2, -0.15) is 9.97 Å². The smallest absolute Gasteiger partial charge is 0.373 e. The van der Waals surface area contributed by atoms with Crippen molar-refractivity contribution in [2.75, 3.05) is 19.0 Å². The molecule has 0 saturated carbocycles. The van der Waals surface area contributed by atoms with Crippen molar-refractivity contribution in [3.63, 3.8) is 0 Å². The second-order valence-electron chi connectivity index (χ2n) is 6.51. The zero-order chi connectivity index (χ0) is 20.9. The van der Waals surface area contributed by atoms with Crippen molar-refractivity contribution in [1.82, 2.24) is 24.8 Å². The van der Waals surface area contributed by atoms with Gasteiger partial charge in [0.2, 0.25) is 0 Å². The Hall–Kier alpha value is -4.27. The van der Waals surface area contributed by atoms with Crippen LogP contribution in [0.25, 0.3) is 11.2 Å². The number of H-pyrrole nitrogens is 1. The van der Waals surface area contributed by atoms with E-state index >= 15 is 0 Å². The standard InChI is InChI=1S/C21H19N7O2/c1-27(2)14-24-19-17-18(23-13-22-17)25-20(26-19)30-21(29)28(15-9-5-3-6-10-15)16-11-7-4-8-12-16/h3-14H,1-2H3,(H,22,23,25,26). The summed E-state index contributed by atoms with van der Waals surface area (Å²) in [6.45, 7) is 0. The zero-order valence-electron chi connectivity index (χ0n) is 16.4. The molecule has 0 aliphatic carbocycles. The lowest BCUT2D eigenvalue weighted by Gasteiger charge is -2.21. The minimum Gasteiger partial charge on any atom is -0.373 e. The van der Waals surface area contributed by atoms with E-state index in [-0.39, 0.29) is 6.01 Å². The van der Waals surface area contributed by atoms with E-state index in [0.717, 1.165) is 0 Å². The highest BCUT2D eigenvalue weighted by Crippen LogP contribution is 2.27. The molecular formula is C21H19N7O2. The van der Waals surface area contributed by atoms with Crippen molar-refractivity contribution in [3.05, 3.63) is 67.0 Å². The van der Waals surface area contributed by atoms with Crippen LogP contribution >= 0.6 is 0 Å². The number of aromatic nitrogens is 4. The number of aliphatic imine (C=N–C) groups is 1. The van der Waals surface area contributed by atoms with Crippen molar-refractivity contribution in [1.29, 1.82) is 0 Å². The van der Waals surface area contributed by atoms with Gasteiger partial charge in [-0.05, 0) is 24.3 Å². The second kappa shape index (κ2) is 8.39. The Kier molecular flexibility index (Phi) is 5.33. The van der Waals surface area contributed by atoms with E-state index in [1.807, 2.05) is 74.8 Å². The third-order valence-electron chi connectivity index (χ3n) is 4.05. The summed E-state index contributed by atoms with van der Waals surface area (Å²) in [6, 6.07) is 18.3. The minimum absolute atomic E-state index is 0.137. The van der Waals surface area contributed by atoms with Crippen molar-refractivity contribution >= 4 is 40.8 Å². The fourth-order valence-corrected chi connectivity index (χ4v) is 2.75. The number of aromatic amines is 1. The van der Waals surface area contributed by atoms with E-state index < -0.39 is 6.09 Å². The number of imidazole rings is 1. The molecule has 150 valence electrons. The molecule has 0 aliphatic rings. The summed E-state index contributed by atoms with van der Waals surface area (Å²) in [7, 11) is 3.68. The van der Waals surface area contributed by atoms with Crippen LogP contribution in [0.2, 0.25) is 0 Å². The van der Waals surface area contributed by atoms with Gasteiger partial charge in [0, 0.05) is 14.1 Å². The molecule has 9 nitrogen and oxygen atoms in total.